The Morgan fingerprint density at radius 2 is 1.42 bits per heavy atom. The van der Waals surface area contributed by atoms with Crippen LogP contribution in [0.15, 0.2) is 54.6 Å². The highest BCUT2D eigenvalue weighted by atomic mass is 16.5. The Hall–Kier alpha value is -2.62. The molecule has 2 aromatic rings. The van der Waals surface area contributed by atoms with Gasteiger partial charge in [0.25, 0.3) is 0 Å². The van der Waals surface area contributed by atoms with E-state index in [0.717, 1.165) is 18.6 Å². The zero-order chi connectivity index (χ0) is 16.9. The van der Waals surface area contributed by atoms with E-state index in [1.165, 1.54) is 0 Å². The van der Waals surface area contributed by atoms with E-state index in [0.29, 0.717) is 24.2 Å². The number of hydrogen-bond acceptors (Lipinski definition) is 3. The largest absolute Gasteiger partial charge is 0.481 e. The first kappa shape index (κ1) is 16.2. The Bertz CT molecular complexity index is 706. The molecule has 1 saturated carbocycles. The summed E-state index contributed by atoms with van der Waals surface area (Å²) >= 11 is 0. The van der Waals surface area contributed by atoms with Gasteiger partial charge in [0.05, 0.1) is 5.92 Å². The standard InChI is InChI=1S/C20H20O4/c21-19(17-8-4-5-9-18(17)20(22)23)14-10-12-16(13-11-14)24-15-6-2-1-3-7-15/h1-3,6-7,10-13,17-18H,4-5,8-9H2,(H,22,23)/t17-,18-/m1/s1. The Balaban J connectivity index is 1.72. The molecule has 2 atom stereocenters. The van der Waals surface area contributed by atoms with Crippen molar-refractivity contribution in [3.8, 4) is 11.5 Å². The number of carboxylic acids is 1. The third kappa shape index (κ3) is 3.65. The molecule has 4 nitrogen and oxygen atoms in total. The van der Waals surface area contributed by atoms with Crippen LogP contribution < -0.4 is 4.74 Å². The summed E-state index contributed by atoms with van der Waals surface area (Å²) in [5, 5.41) is 9.34. The van der Waals surface area contributed by atoms with Gasteiger partial charge in [0.1, 0.15) is 11.5 Å². The number of carbonyl (C=O) groups excluding carboxylic acids is 1. The van der Waals surface area contributed by atoms with Gasteiger partial charge in [-0.2, -0.15) is 0 Å². The molecule has 0 unspecified atom stereocenters. The third-order valence-electron chi connectivity index (χ3n) is 4.54. The first-order chi connectivity index (χ1) is 11.6. The predicted octanol–water partition coefficient (Wildman–Crippen LogP) is 4.55. The molecule has 1 N–H and O–H groups in total. The van der Waals surface area contributed by atoms with E-state index >= 15 is 0 Å². The third-order valence-corrected chi connectivity index (χ3v) is 4.54. The van der Waals surface area contributed by atoms with Crippen molar-refractivity contribution < 1.29 is 19.4 Å². The monoisotopic (exact) mass is 324 g/mol. The number of rotatable bonds is 5. The second-order valence-corrected chi connectivity index (χ2v) is 6.14. The molecule has 0 spiro atoms. The van der Waals surface area contributed by atoms with Crippen LogP contribution in [0.3, 0.4) is 0 Å². The average Bonchev–Trinajstić information content (AvgIpc) is 2.62. The maximum Gasteiger partial charge on any atom is 0.307 e. The van der Waals surface area contributed by atoms with E-state index in [1.54, 1.807) is 24.3 Å². The molecule has 2 aromatic carbocycles. The van der Waals surface area contributed by atoms with Gasteiger partial charge in [-0.05, 0) is 49.2 Å². The van der Waals surface area contributed by atoms with Crippen LogP contribution in [-0.4, -0.2) is 16.9 Å². The lowest BCUT2D eigenvalue weighted by atomic mass is 9.75. The number of benzene rings is 2. The molecule has 1 aliphatic carbocycles. The number of ether oxygens (including phenoxy) is 1. The first-order valence-corrected chi connectivity index (χ1v) is 8.25. The summed E-state index contributed by atoms with van der Waals surface area (Å²) in [6.07, 6.45) is 3.03. The Labute approximate surface area is 141 Å². The lowest BCUT2D eigenvalue weighted by molar-refractivity contribution is -0.144. The van der Waals surface area contributed by atoms with Gasteiger partial charge in [-0.25, -0.2) is 0 Å². The quantitative estimate of drug-likeness (QED) is 0.819. The van der Waals surface area contributed by atoms with Crippen LogP contribution in [0.5, 0.6) is 11.5 Å². The normalized spacial score (nSPS) is 20.3. The van der Waals surface area contributed by atoms with Crippen LogP contribution in [0.1, 0.15) is 36.0 Å². The van der Waals surface area contributed by atoms with E-state index < -0.39 is 17.8 Å². The highest BCUT2D eigenvalue weighted by Crippen LogP contribution is 2.33. The van der Waals surface area contributed by atoms with Gasteiger partial charge in [0, 0.05) is 11.5 Å². The summed E-state index contributed by atoms with van der Waals surface area (Å²) in [5.74, 6) is -0.542. The summed E-state index contributed by atoms with van der Waals surface area (Å²) in [6, 6.07) is 16.3. The number of carbonyl (C=O) groups is 2. The van der Waals surface area contributed by atoms with Gasteiger partial charge in [-0.3, -0.25) is 9.59 Å². The van der Waals surface area contributed by atoms with Crippen LogP contribution in [0, 0.1) is 11.8 Å². The van der Waals surface area contributed by atoms with Crippen molar-refractivity contribution in [1.29, 1.82) is 0 Å². The number of ketones is 1. The number of Topliss-reactive ketones (excluding diaryl/α,β-unsaturated/α-hetero) is 1. The molecule has 0 bridgehead atoms. The minimum atomic E-state index is -0.864. The SMILES string of the molecule is O=C(O)[C@@H]1CCCC[C@H]1C(=O)c1ccc(Oc2ccccc2)cc1. The molecule has 3 rings (SSSR count). The maximum absolute atomic E-state index is 12.7. The molecule has 1 aliphatic rings. The molecule has 1 fully saturated rings. The van der Waals surface area contributed by atoms with Gasteiger partial charge >= 0.3 is 5.97 Å². The molecule has 0 heterocycles. The lowest BCUT2D eigenvalue weighted by Crippen LogP contribution is -2.32. The number of hydrogen-bond donors (Lipinski definition) is 1. The zero-order valence-corrected chi connectivity index (χ0v) is 13.4. The molecular formula is C20H20O4. The van der Waals surface area contributed by atoms with Crippen molar-refractivity contribution in [2.75, 3.05) is 0 Å². The smallest absolute Gasteiger partial charge is 0.307 e. The zero-order valence-electron chi connectivity index (χ0n) is 13.4. The average molecular weight is 324 g/mol. The van der Waals surface area contributed by atoms with Gasteiger partial charge < -0.3 is 9.84 Å². The van der Waals surface area contributed by atoms with Crippen molar-refractivity contribution in [2.45, 2.75) is 25.7 Å². The second-order valence-electron chi connectivity index (χ2n) is 6.14. The predicted molar refractivity (Wildman–Crippen MR) is 90.4 cm³/mol. The van der Waals surface area contributed by atoms with Crippen molar-refractivity contribution >= 4 is 11.8 Å². The van der Waals surface area contributed by atoms with E-state index in [2.05, 4.69) is 0 Å². The Morgan fingerprint density at radius 3 is 2.04 bits per heavy atom. The van der Waals surface area contributed by atoms with Crippen molar-refractivity contribution in [3.05, 3.63) is 60.2 Å². The van der Waals surface area contributed by atoms with Crippen molar-refractivity contribution in [2.24, 2.45) is 11.8 Å². The van der Waals surface area contributed by atoms with Crippen molar-refractivity contribution in [1.82, 2.24) is 0 Å². The van der Waals surface area contributed by atoms with Crippen LogP contribution >= 0.6 is 0 Å². The molecule has 0 radical (unpaired) electrons. The van der Waals surface area contributed by atoms with Crippen LogP contribution in [0.2, 0.25) is 0 Å². The van der Waals surface area contributed by atoms with Crippen LogP contribution in [0.4, 0.5) is 0 Å². The molecule has 0 amide bonds. The van der Waals surface area contributed by atoms with Gasteiger partial charge in [0.2, 0.25) is 0 Å². The summed E-state index contributed by atoms with van der Waals surface area (Å²) < 4.78 is 5.71. The highest BCUT2D eigenvalue weighted by molar-refractivity contribution is 6.00. The van der Waals surface area contributed by atoms with Gasteiger partial charge in [-0.1, -0.05) is 31.0 Å². The molecule has 0 saturated heterocycles. The topological polar surface area (TPSA) is 63.6 Å². The molecular weight excluding hydrogens is 304 g/mol. The molecule has 4 heteroatoms. The summed E-state index contributed by atoms with van der Waals surface area (Å²) in [5.41, 5.74) is 0.550. The fourth-order valence-corrected chi connectivity index (χ4v) is 3.27. The van der Waals surface area contributed by atoms with Crippen molar-refractivity contribution in [3.63, 3.8) is 0 Å². The van der Waals surface area contributed by atoms with E-state index in [9.17, 15) is 14.7 Å². The second kappa shape index (κ2) is 7.30. The van der Waals surface area contributed by atoms with Gasteiger partial charge in [-0.15, -0.1) is 0 Å². The van der Waals surface area contributed by atoms with E-state index in [-0.39, 0.29) is 5.78 Å². The first-order valence-electron chi connectivity index (χ1n) is 8.25. The number of aliphatic carboxylic acids is 1. The minimum Gasteiger partial charge on any atom is -0.481 e. The highest BCUT2D eigenvalue weighted by Gasteiger charge is 2.35. The van der Waals surface area contributed by atoms with E-state index in [4.69, 9.17) is 4.74 Å². The Morgan fingerprint density at radius 1 is 0.833 bits per heavy atom. The van der Waals surface area contributed by atoms with Gasteiger partial charge in [0.15, 0.2) is 5.78 Å². The molecule has 0 aliphatic heterocycles. The lowest BCUT2D eigenvalue weighted by Gasteiger charge is -2.27. The Kier molecular flexibility index (Phi) is 4.94. The minimum absolute atomic E-state index is 0.0756. The molecule has 124 valence electrons. The van der Waals surface area contributed by atoms with E-state index in [1.807, 2.05) is 30.3 Å². The summed E-state index contributed by atoms with van der Waals surface area (Å²) in [6.45, 7) is 0. The summed E-state index contributed by atoms with van der Waals surface area (Å²) in [7, 11) is 0. The van der Waals surface area contributed by atoms with Crippen LogP contribution in [-0.2, 0) is 4.79 Å². The number of para-hydroxylation sites is 1. The molecule has 24 heavy (non-hydrogen) atoms. The molecule has 0 aromatic heterocycles. The fourth-order valence-electron chi connectivity index (χ4n) is 3.27. The van der Waals surface area contributed by atoms with Crippen LogP contribution in [0.25, 0.3) is 0 Å². The fraction of sp³-hybridized carbons (Fsp3) is 0.300. The summed E-state index contributed by atoms with van der Waals surface area (Å²) in [4.78, 5) is 24.1. The number of carboxylic acid groups (broad SMARTS) is 1. The maximum atomic E-state index is 12.7.